The van der Waals surface area contributed by atoms with Gasteiger partial charge in [0.2, 0.25) is 11.8 Å². The van der Waals surface area contributed by atoms with Crippen molar-refractivity contribution >= 4 is 46.0 Å². The van der Waals surface area contributed by atoms with Crippen molar-refractivity contribution < 1.29 is 9.59 Å². The number of thioether (sulfide) groups is 1. The normalized spacial score (nSPS) is 10.9. The lowest BCUT2D eigenvalue weighted by atomic mass is 10.1. The number of carbonyl (C=O) groups excluding carboxylic acids is 2. The molecular weight excluding hydrogens is 432 g/mol. The van der Waals surface area contributed by atoms with E-state index in [2.05, 4.69) is 10.3 Å². The quantitative estimate of drug-likeness (QED) is 0.394. The summed E-state index contributed by atoms with van der Waals surface area (Å²) < 4.78 is 1.87. The van der Waals surface area contributed by atoms with Gasteiger partial charge >= 0.3 is 0 Å². The van der Waals surface area contributed by atoms with Crippen LogP contribution in [0.2, 0.25) is 0 Å². The number of anilines is 2. The molecule has 33 heavy (non-hydrogen) atoms. The molecule has 1 aromatic heterocycles. The molecule has 4 aromatic rings. The largest absolute Gasteiger partial charge is 0.324 e. The summed E-state index contributed by atoms with van der Waals surface area (Å²) in [5, 5.41) is 3.68. The fraction of sp³-hybridized carbons (Fsp3) is 0.192. The predicted octanol–water partition coefficient (Wildman–Crippen LogP) is 5.05. The van der Waals surface area contributed by atoms with E-state index in [9.17, 15) is 9.59 Å². The van der Waals surface area contributed by atoms with Crippen LogP contribution in [0.1, 0.15) is 11.1 Å². The van der Waals surface area contributed by atoms with Crippen molar-refractivity contribution in [3.63, 3.8) is 0 Å². The second-order valence-electron chi connectivity index (χ2n) is 7.86. The minimum atomic E-state index is -0.134. The average Bonchev–Trinajstić information content (AvgIpc) is 3.17. The molecule has 0 radical (unpaired) electrons. The zero-order chi connectivity index (χ0) is 23.4. The zero-order valence-electron chi connectivity index (χ0n) is 18.9. The van der Waals surface area contributed by atoms with Crippen molar-refractivity contribution in [1.29, 1.82) is 0 Å². The average molecular weight is 459 g/mol. The number of para-hydroxylation sites is 4. The summed E-state index contributed by atoms with van der Waals surface area (Å²) in [4.78, 5) is 32.1. The Bertz CT molecular complexity index is 1280. The Morgan fingerprint density at radius 1 is 0.939 bits per heavy atom. The van der Waals surface area contributed by atoms with E-state index in [1.807, 2.05) is 91.2 Å². The second-order valence-corrected chi connectivity index (χ2v) is 8.80. The van der Waals surface area contributed by atoms with Crippen LogP contribution >= 0.6 is 11.8 Å². The Hall–Kier alpha value is -3.58. The van der Waals surface area contributed by atoms with Crippen molar-refractivity contribution in [2.24, 2.45) is 0 Å². The molecule has 0 saturated carbocycles. The van der Waals surface area contributed by atoms with Crippen molar-refractivity contribution in [1.82, 2.24) is 9.55 Å². The van der Waals surface area contributed by atoms with E-state index >= 15 is 0 Å². The summed E-state index contributed by atoms with van der Waals surface area (Å²) in [7, 11) is 1.76. The zero-order valence-corrected chi connectivity index (χ0v) is 19.7. The highest BCUT2D eigenvalue weighted by molar-refractivity contribution is 7.99. The van der Waals surface area contributed by atoms with Crippen LogP contribution in [0.25, 0.3) is 11.0 Å². The van der Waals surface area contributed by atoms with Crippen LogP contribution in [-0.4, -0.2) is 34.2 Å². The van der Waals surface area contributed by atoms with Crippen molar-refractivity contribution in [3.8, 4) is 0 Å². The second kappa shape index (κ2) is 9.92. The highest BCUT2D eigenvalue weighted by Gasteiger charge is 2.18. The third-order valence-corrected chi connectivity index (χ3v) is 6.47. The van der Waals surface area contributed by atoms with Crippen molar-refractivity contribution in [2.75, 3.05) is 23.0 Å². The van der Waals surface area contributed by atoms with E-state index in [4.69, 9.17) is 0 Å². The smallest absolute Gasteiger partial charge is 0.244 e. The van der Waals surface area contributed by atoms with Gasteiger partial charge in [-0.1, -0.05) is 60.3 Å². The first kappa shape index (κ1) is 22.6. The van der Waals surface area contributed by atoms with E-state index in [1.165, 1.54) is 11.8 Å². The van der Waals surface area contributed by atoms with Crippen molar-refractivity contribution in [2.45, 2.75) is 25.5 Å². The molecule has 168 valence electrons. The molecule has 0 fully saturated rings. The standard InChI is InChI=1S/C26H26N4O2S/c1-18-10-9-11-19(2)25(18)28-23(31)16-30-22-15-8-7-14-21(22)27-26(30)33-17-24(32)29(3)20-12-5-4-6-13-20/h4-15H,16-17H2,1-3H3,(H,28,31). The molecule has 0 spiro atoms. The van der Waals surface area contributed by atoms with E-state index < -0.39 is 0 Å². The third kappa shape index (κ3) is 5.09. The molecule has 1 N–H and O–H groups in total. The van der Waals surface area contributed by atoms with Gasteiger partial charge in [0.05, 0.1) is 16.8 Å². The third-order valence-electron chi connectivity index (χ3n) is 5.51. The predicted molar refractivity (Wildman–Crippen MR) is 135 cm³/mol. The van der Waals surface area contributed by atoms with Crippen LogP contribution in [0.5, 0.6) is 0 Å². The lowest BCUT2D eigenvalue weighted by molar-refractivity contribution is -0.117. The highest BCUT2D eigenvalue weighted by Crippen LogP contribution is 2.26. The van der Waals surface area contributed by atoms with E-state index in [1.54, 1.807) is 11.9 Å². The lowest BCUT2D eigenvalue weighted by Crippen LogP contribution is -2.28. The molecule has 0 bridgehead atoms. The molecule has 1 heterocycles. The maximum Gasteiger partial charge on any atom is 0.244 e. The van der Waals surface area contributed by atoms with Gasteiger partial charge < -0.3 is 14.8 Å². The molecule has 2 amide bonds. The van der Waals surface area contributed by atoms with Gasteiger partial charge in [0, 0.05) is 18.4 Å². The van der Waals surface area contributed by atoms with Gasteiger partial charge in [-0.2, -0.15) is 0 Å². The first-order chi connectivity index (χ1) is 15.9. The van der Waals surface area contributed by atoms with E-state index in [0.717, 1.165) is 33.5 Å². The summed E-state index contributed by atoms with van der Waals surface area (Å²) in [5.74, 6) is 0.0441. The highest BCUT2D eigenvalue weighted by atomic mass is 32.2. The minimum Gasteiger partial charge on any atom is -0.324 e. The first-order valence-corrected chi connectivity index (χ1v) is 11.7. The summed E-state index contributed by atoms with van der Waals surface area (Å²) in [6.07, 6.45) is 0. The van der Waals surface area contributed by atoms with Crippen LogP contribution in [0, 0.1) is 13.8 Å². The number of benzene rings is 3. The molecule has 6 nitrogen and oxygen atoms in total. The van der Waals surface area contributed by atoms with Gasteiger partial charge in [-0.15, -0.1) is 0 Å². The minimum absolute atomic E-state index is 0.0372. The van der Waals surface area contributed by atoms with Crippen LogP contribution < -0.4 is 10.2 Å². The van der Waals surface area contributed by atoms with Gasteiger partial charge in [-0.05, 0) is 49.2 Å². The number of nitrogens with one attached hydrogen (secondary N) is 1. The topological polar surface area (TPSA) is 67.2 Å². The molecule has 0 unspecified atom stereocenters. The molecule has 0 saturated heterocycles. The number of hydrogen-bond acceptors (Lipinski definition) is 4. The molecule has 0 aliphatic heterocycles. The maximum absolute atomic E-state index is 13.0. The van der Waals surface area contributed by atoms with Crippen LogP contribution in [-0.2, 0) is 16.1 Å². The lowest BCUT2D eigenvalue weighted by Gasteiger charge is -2.17. The van der Waals surface area contributed by atoms with Crippen LogP contribution in [0.3, 0.4) is 0 Å². The van der Waals surface area contributed by atoms with Gasteiger partial charge in [-0.25, -0.2) is 4.98 Å². The molecule has 7 heteroatoms. The Kier molecular flexibility index (Phi) is 6.79. The van der Waals surface area contributed by atoms with Gasteiger partial charge in [-0.3, -0.25) is 9.59 Å². The van der Waals surface area contributed by atoms with Crippen LogP contribution in [0.15, 0.2) is 78.0 Å². The maximum atomic E-state index is 13.0. The molecule has 3 aromatic carbocycles. The summed E-state index contributed by atoms with van der Waals surface area (Å²) in [6, 6.07) is 23.1. The number of aryl methyl sites for hydroxylation is 2. The molecule has 4 rings (SSSR count). The number of rotatable bonds is 7. The molecule has 0 aliphatic carbocycles. The Balaban J connectivity index is 1.53. The van der Waals surface area contributed by atoms with E-state index in [0.29, 0.717) is 5.16 Å². The Labute approximate surface area is 197 Å². The van der Waals surface area contributed by atoms with Gasteiger partial charge in [0.1, 0.15) is 6.54 Å². The van der Waals surface area contributed by atoms with Crippen molar-refractivity contribution in [3.05, 3.63) is 83.9 Å². The fourth-order valence-corrected chi connectivity index (χ4v) is 4.60. The van der Waals surface area contributed by atoms with E-state index in [-0.39, 0.29) is 24.1 Å². The van der Waals surface area contributed by atoms with Gasteiger partial charge in [0.15, 0.2) is 5.16 Å². The molecule has 0 atom stereocenters. The summed E-state index contributed by atoms with van der Waals surface area (Å²) in [5.41, 5.74) is 5.36. The number of carbonyl (C=O) groups is 2. The number of hydrogen-bond donors (Lipinski definition) is 1. The summed E-state index contributed by atoms with van der Waals surface area (Å²) >= 11 is 1.34. The molecular formula is C26H26N4O2S. The first-order valence-electron chi connectivity index (χ1n) is 10.7. The fourth-order valence-electron chi connectivity index (χ4n) is 3.67. The Morgan fingerprint density at radius 2 is 1.61 bits per heavy atom. The number of fused-ring (bicyclic) bond motifs is 1. The summed E-state index contributed by atoms with van der Waals surface area (Å²) in [6.45, 7) is 4.07. The van der Waals surface area contributed by atoms with Gasteiger partial charge in [0.25, 0.3) is 0 Å². The SMILES string of the molecule is Cc1cccc(C)c1NC(=O)Cn1c(SCC(=O)N(C)c2ccccc2)nc2ccccc21. The number of aromatic nitrogens is 2. The number of amides is 2. The number of imidazole rings is 1. The number of nitrogens with zero attached hydrogens (tertiary/aromatic N) is 3. The Morgan fingerprint density at radius 3 is 2.33 bits per heavy atom. The monoisotopic (exact) mass is 458 g/mol. The van der Waals surface area contributed by atoms with Crippen LogP contribution in [0.4, 0.5) is 11.4 Å². The molecule has 0 aliphatic rings.